The molecule has 0 N–H and O–H groups in total. The third-order valence-electron chi connectivity index (χ3n) is 4.03. The predicted octanol–water partition coefficient (Wildman–Crippen LogP) is 6.22. The van der Waals surface area contributed by atoms with Gasteiger partial charge in [-0.1, -0.05) is 23.7 Å². The maximum Gasteiger partial charge on any atom is 0.180 e. The van der Waals surface area contributed by atoms with Crippen LogP contribution in [0.4, 0.5) is 10.1 Å². The van der Waals surface area contributed by atoms with Crippen LogP contribution in [0.2, 0.25) is 5.02 Å². The Morgan fingerprint density at radius 2 is 1.83 bits per heavy atom. The molecule has 4 nitrogen and oxygen atoms in total. The molecule has 0 heterocycles. The van der Waals surface area contributed by atoms with Crippen molar-refractivity contribution in [1.29, 1.82) is 0 Å². The number of rotatable bonds is 8. The van der Waals surface area contributed by atoms with Crippen molar-refractivity contribution in [1.82, 2.24) is 0 Å². The number of benzene rings is 3. The molecule has 0 aliphatic rings. The molecular weight excluding hydrogens is 393 g/mol. The second-order valence-corrected chi connectivity index (χ2v) is 6.55. The van der Waals surface area contributed by atoms with Crippen LogP contribution >= 0.6 is 11.6 Å². The van der Waals surface area contributed by atoms with Crippen molar-refractivity contribution in [2.45, 2.75) is 13.5 Å². The number of aliphatic imine (C=N–C) groups is 1. The van der Waals surface area contributed by atoms with Gasteiger partial charge in [0.05, 0.1) is 24.4 Å². The van der Waals surface area contributed by atoms with Crippen molar-refractivity contribution >= 4 is 23.5 Å². The average Bonchev–Trinajstić information content (AvgIpc) is 2.72. The maximum atomic E-state index is 13.3. The van der Waals surface area contributed by atoms with Crippen molar-refractivity contribution < 1.29 is 18.6 Å². The Balaban J connectivity index is 1.75. The van der Waals surface area contributed by atoms with E-state index in [0.29, 0.717) is 28.7 Å². The molecule has 0 fully saturated rings. The van der Waals surface area contributed by atoms with Crippen molar-refractivity contribution in [3.05, 3.63) is 82.6 Å². The Morgan fingerprint density at radius 3 is 2.52 bits per heavy atom. The topological polar surface area (TPSA) is 40.0 Å². The van der Waals surface area contributed by atoms with Crippen LogP contribution in [0.3, 0.4) is 0 Å². The van der Waals surface area contributed by atoms with Gasteiger partial charge >= 0.3 is 0 Å². The van der Waals surface area contributed by atoms with E-state index in [4.69, 9.17) is 25.8 Å². The number of ether oxygens (including phenoxy) is 3. The van der Waals surface area contributed by atoms with Crippen LogP contribution in [0.15, 0.2) is 65.7 Å². The Labute approximate surface area is 174 Å². The van der Waals surface area contributed by atoms with Gasteiger partial charge in [0.2, 0.25) is 0 Å². The second kappa shape index (κ2) is 9.94. The van der Waals surface area contributed by atoms with Crippen molar-refractivity contribution in [2.75, 3.05) is 13.7 Å². The summed E-state index contributed by atoms with van der Waals surface area (Å²) in [6.45, 7) is 2.73. The lowest BCUT2D eigenvalue weighted by atomic mass is 10.2. The highest BCUT2D eigenvalue weighted by Gasteiger charge is 2.12. The summed E-state index contributed by atoms with van der Waals surface area (Å²) in [4.78, 5) is 4.45. The van der Waals surface area contributed by atoms with Crippen LogP contribution in [0, 0.1) is 5.82 Å². The van der Waals surface area contributed by atoms with E-state index < -0.39 is 0 Å². The van der Waals surface area contributed by atoms with E-state index in [1.165, 1.54) is 19.2 Å². The summed E-state index contributed by atoms with van der Waals surface area (Å²) in [5.41, 5.74) is 2.25. The molecule has 3 aromatic rings. The highest BCUT2D eigenvalue weighted by atomic mass is 35.5. The van der Waals surface area contributed by atoms with E-state index in [0.717, 1.165) is 17.0 Å². The SMILES string of the molecule is CCOc1ccc(N=Cc2cc(Cl)c(OCc3cccc(F)c3)c(OC)c2)cc1. The molecule has 0 bridgehead atoms. The molecule has 0 saturated heterocycles. The molecule has 0 unspecified atom stereocenters. The van der Waals surface area contributed by atoms with E-state index in [1.807, 2.05) is 31.2 Å². The fourth-order valence-corrected chi connectivity index (χ4v) is 2.95. The molecule has 0 radical (unpaired) electrons. The van der Waals surface area contributed by atoms with Crippen molar-refractivity contribution in [3.8, 4) is 17.2 Å². The van der Waals surface area contributed by atoms with Gasteiger partial charge in [-0.15, -0.1) is 0 Å². The first-order valence-corrected chi connectivity index (χ1v) is 9.48. The predicted molar refractivity (Wildman–Crippen MR) is 114 cm³/mol. The first kappa shape index (κ1) is 20.7. The normalized spacial score (nSPS) is 10.9. The minimum absolute atomic E-state index is 0.174. The van der Waals surface area contributed by atoms with Crippen LogP contribution in [0.25, 0.3) is 0 Å². The zero-order valence-electron chi connectivity index (χ0n) is 16.2. The van der Waals surface area contributed by atoms with Gasteiger partial charge in [0, 0.05) is 6.21 Å². The standard InChI is InChI=1S/C23H21ClFNO3/c1-3-28-20-9-7-19(8-10-20)26-14-17-12-21(24)23(22(13-17)27-2)29-15-16-5-4-6-18(25)11-16/h4-14H,3,15H2,1-2H3. The Kier molecular flexibility index (Phi) is 7.09. The fraction of sp³-hybridized carbons (Fsp3) is 0.174. The molecule has 0 aliphatic carbocycles. The van der Waals surface area contributed by atoms with Gasteiger partial charge in [-0.2, -0.15) is 0 Å². The van der Waals surface area contributed by atoms with Gasteiger partial charge < -0.3 is 14.2 Å². The van der Waals surface area contributed by atoms with E-state index in [1.54, 1.807) is 30.5 Å². The van der Waals surface area contributed by atoms with Gasteiger partial charge in [-0.3, -0.25) is 4.99 Å². The minimum Gasteiger partial charge on any atom is -0.494 e. The first-order chi connectivity index (χ1) is 14.1. The van der Waals surface area contributed by atoms with Gasteiger partial charge in [0.25, 0.3) is 0 Å². The maximum absolute atomic E-state index is 13.3. The number of hydrogen-bond acceptors (Lipinski definition) is 4. The largest absolute Gasteiger partial charge is 0.494 e. The molecule has 0 saturated carbocycles. The quantitative estimate of drug-likeness (QED) is 0.412. The smallest absolute Gasteiger partial charge is 0.180 e. The van der Waals surface area contributed by atoms with E-state index in [2.05, 4.69) is 4.99 Å². The average molecular weight is 414 g/mol. The fourth-order valence-electron chi connectivity index (χ4n) is 2.68. The summed E-state index contributed by atoms with van der Waals surface area (Å²) < 4.78 is 29.9. The number of halogens is 2. The molecule has 0 aliphatic heterocycles. The summed E-state index contributed by atoms with van der Waals surface area (Å²) >= 11 is 6.39. The van der Waals surface area contributed by atoms with Gasteiger partial charge in [-0.05, 0) is 66.6 Å². The first-order valence-electron chi connectivity index (χ1n) is 9.10. The molecule has 6 heteroatoms. The van der Waals surface area contributed by atoms with Crippen LogP contribution in [0.1, 0.15) is 18.1 Å². The summed E-state index contributed by atoms with van der Waals surface area (Å²) in [5, 5.41) is 0.383. The highest BCUT2D eigenvalue weighted by Crippen LogP contribution is 2.36. The van der Waals surface area contributed by atoms with Crippen LogP contribution in [-0.2, 0) is 6.61 Å². The third-order valence-corrected chi connectivity index (χ3v) is 4.32. The molecule has 3 aromatic carbocycles. The summed E-state index contributed by atoms with van der Waals surface area (Å²) in [5.74, 6) is 1.36. The van der Waals surface area contributed by atoms with E-state index in [-0.39, 0.29) is 12.4 Å². The summed E-state index contributed by atoms with van der Waals surface area (Å²) in [6, 6.07) is 17.2. The third kappa shape index (κ3) is 5.72. The van der Waals surface area contributed by atoms with Crippen LogP contribution in [0.5, 0.6) is 17.2 Å². The van der Waals surface area contributed by atoms with E-state index in [9.17, 15) is 4.39 Å². The molecule has 0 spiro atoms. The van der Waals surface area contributed by atoms with Gasteiger partial charge in [0.15, 0.2) is 11.5 Å². The number of nitrogens with zero attached hydrogens (tertiary/aromatic N) is 1. The summed E-state index contributed by atoms with van der Waals surface area (Å²) in [7, 11) is 1.54. The molecular formula is C23H21ClFNO3. The lowest BCUT2D eigenvalue weighted by molar-refractivity contribution is 0.284. The van der Waals surface area contributed by atoms with E-state index >= 15 is 0 Å². The zero-order chi connectivity index (χ0) is 20.6. The Hall–Kier alpha value is -3.05. The van der Waals surface area contributed by atoms with Crippen molar-refractivity contribution in [3.63, 3.8) is 0 Å². The molecule has 0 amide bonds. The zero-order valence-corrected chi connectivity index (χ0v) is 16.9. The molecule has 150 valence electrons. The van der Waals surface area contributed by atoms with Gasteiger partial charge in [-0.25, -0.2) is 4.39 Å². The molecule has 0 atom stereocenters. The molecule has 0 aromatic heterocycles. The van der Waals surface area contributed by atoms with Gasteiger partial charge in [0.1, 0.15) is 18.2 Å². The Morgan fingerprint density at radius 1 is 1.03 bits per heavy atom. The van der Waals surface area contributed by atoms with Crippen molar-refractivity contribution in [2.24, 2.45) is 4.99 Å². The van der Waals surface area contributed by atoms with Crippen LogP contribution in [-0.4, -0.2) is 19.9 Å². The lowest BCUT2D eigenvalue weighted by Crippen LogP contribution is -2.00. The minimum atomic E-state index is -0.315. The van der Waals surface area contributed by atoms with Crippen LogP contribution < -0.4 is 14.2 Å². The number of hydrogen-bond donors (Lipinski definition) is 0. The Bertz CT molecular complexity index is 990. The number of methoxy groups -OCH3 is 1. The molecule has 29 heavy (non-hydrogen) atoms. The highest BCUT2D eigenvalue weighted by molar-refractivity contribution is 6.32. The summed E-state index contributed by atoms with van der Waals surface area (Å²) in [6.07, 6.45) is 1.69. The lowest BCUT2D eigenvalue weighted by Gasteiger charge is -2.13. The molecule has 3 rings (SSSR count). The second-order valence-electron chi connectivity index (χ2n) is 6.14. The monoisotopic (exact) mass is 413 g/mol.